The number of hydrogen-bond acceptors (Lipinski definition) is 7. The highest BCUT2D eigenvalue weighted by atomic mass is 16.5. The van der Waals surface area contributed by atoms with Crippen molar-refractivity contribution in [2.75, 3.05) is 5.73 Å². The molecule has 142 valence electrons. The zero-order valence-electron chi connectivity index (χ0n) is 15.1. The predicted molar refractivity (Wildman–Crippen MR) is 104 cm³/mol. The van der Waals surface area contributed by atoms with E-state index in [-0.39, 0.29) is 18.3 Å². The Morgan fingerprint density at radius 3 is 2.79 bits per heavy atom. The summed E-state index contributed by atoms with van der Waals surface area (Å²) >= 11 is 0. The highest BCUT2D eigenvalue weighted by Crippen LogP contribution is 2.28. The molecule has 0 fully saturated rings. The van der Waals surface area contributed by atoms with Crippen molar-refractivity contribution in [1.82, 2.24) is 19.7 Å². The van der Waals surface area contributed by atoms with E-state index in [0.717, 1.165) is 10.9 Å². The third-order valence-corrected chi connectivity index (χ3v) is 4.37. The number of pyridine rings is 2. The maximum Gasteiger partial charge on any atom is 0.211 e. The van der Waals surface area contributed by atoms with Crippen molar-refractivity contribution in [3.05, 3.63) is 66.1 Å². The molecule has 3 heterocycles. The van der Waals surface area contributed by atoms with Crippen molar-refractivity contribution in [1.29, 1.82) is 0 Å². The Kier molecular flexibility index (Phi) is 4.54. The van der Waals surface area contributed by atoms with Crippen LogP contribution in [-0.2, 0) is 6.61 Å². The lowest BCUT2D eigenvalue weighted by molar-refractivity contribution is 0.199. The second-order valence-corrected chi connectivity index (χ2v) is 6.37. The first-order valence-corrected chi connectivity index (χ1v) is 8.71. The fourth-order valence-corrected chi connectivity index (χ4v) is 2.92. The first-order chi connectivity index (χ1) is 13.5. The van der Waals surface area contributed by atoms with Gasteiger partial charge >= 0.3 is 0 Å². The number of aliphatic hydroxyl groups is 1. The molecule has 0 aliphatic carbocycles. The number of hydrogen-bond donors (Lipinski definition) is 3. The van der Waals surface area contributed by atoms with Gasteiger partial charge in [-0.25, -0.2) is 14.6 Å². The van der Waals surface area contributed by atoms with Gasteiger partial charge < -0.3 is 20.7 Å². The quantitative estimate of drug-likeness (QED) is 0.489. The molecule has 8 heteroatoms. The number of nitrogens with two attached hydrogens (primary N) is 1. The summed E-state index contributed by atoms with van der Waals surface area (Å²) in [5.41, 5.74) is 8.71. The lowest BCUT2D eigenvalue weighted by Crippen LogP contribution is -2.07. The number of aromatic hydroxyl groups is 1. The molecule has 1 aromatic carbocycles. The lowest BCUT2D eigenvalue weighted by Gasteiger charge is -2.13. The van der Waals surface area contributed by atoms with Crippen LogP contribution < -0.4 is 10.5 Å². The molecule has 0 aliphatic rings. The average Bonchev–Trinajstić information content (AvgIpc) is 3.20. The fraction of sp³-hybridized carbons (Fsp3) is 0.150. The number of fused-ring (bicyclic) bond motifs is 1. The molecule has 8 nitrogen and oxygen atoms in total. The van der Waals surface area contributed by atoms with Gasteiger partial charge in [-0.2, -0.15) is 5.10 Å². The summed E-state index contributed by atoms with van der Waals surface area (Å²) in [5.74, 6) is 0.533. The van der Waals surface area contributed by atoms with Gasteiger partial charge in [0.15, 0.2) is 11.6 Å². The van der Waals surface area contributed by atoms with Crippen LogP contribution in [0.25, 0.3) is 16.6 Å². The fourth-order valence-electron chi connectivity index (χ4n) is 2.92. The lowest BCUT2D eigenvalue weighted by atomic mass is 10.1. The number of aromatic nitrogens is 4. The number of aliphatic hydroxyl groups excluding tert-OH is 1. The molecule has 0 amide bonds. The third-order valence-electron chi connectivity index (χ3n) is 4.37. The maximum atomic E-state index is 9.79. The van der Waals surface area contributed by atoms with Crippen LogP contribution in [0.4, 0.5) is 5.82 Å². The Morgan fingerprint density at radius 1 is 1.18 bits per heavy atom. The van der Waals surface area contributed by atoms with Crippen LogP contribution in [0.15, 0.2) is 54.9 Å². The van der Waals surface area contributed by atoms with Gasteiger partial charge in [-0.1, -0.05) is 6.07 Å². The van der Waals surface area contributed by atoms with Gasteiger partial charge in [-0.15, -0.1) is 0 Å². The molecular formula is C20H19N5O3. The molecule has 0 saturated heterocycles. The molecule has 4 rings (SSSR count). The van der Waals surface area contributed by atoms with Gasteiger partial charge in [0.2, 0.25) is 5.88 Å². The van der Waals surface area contributed by atoms with Crippen LogP contribution in [0.3, 0.4) is 0 Å². The molecule has 0 saturated carbocycles. The van der Waals surface area contributed by atoms with Gasteiger partial charge in [-0.05, 0) is 42.8 Å². The molecule has 0 spiro atoms. The van der Waals surface area contributed by atoms with E-state index in [0.29, 0.717) is 22.6 Å². The number of rotatable bonds is 5. The standard InChI is InChI=1S/C20H19N5O3/c1-12(26)13-3-4-15-14(9-13)10-18(20(21)24-15)28-11-16-17(5-6-19(27)23-16)25-8-2-7-22-25/h2-10,12,26H,11H2,1H3,(H2,21,24)(H,23,27)/t12-/m1/s1. The zero-order chi connectivity index (χ0) is 19.7. The largest absolute Gasteiger partial charge is 0.493 e. The molecular weight excluding hydrogens is 358 g/mol. The molecule has 4 aromatic rings. The van der Waals surface area contributed by atoms with Crippen LogP contribution in [0.2, 0.25) is 0 Å². The summed E-state index contributed by atoms with van der Waals surface area (Å²) in [7, 11) is 0. The number of benzene rings is 1. The normalized spacial score (nSPS) is 12.2. The third kappa shape index (κ3) is 3.45. The molecule has 0 unspecified atom stereocenters. The Balaban J connectivity index is 1.66. The van der Waals surface area contributed by atoms with E-state index in [2.05, 4.69) is 15.1 Å². The second-order valence-electron chi connectivity index (χ2n) is 6.37. The Morgan fingerprint density at radius 2 is 2.04 bits per heavy atom. The highest BCUT2D eigenvalue weighted by Gasteiger charge is 2.12. The smallest absolute Gasteiger partial charge is 0.211 e. The first-order valence-electron chi connectivity index (χ1n) is 8.71. The summed E-state index contributed by atoms with van der Waals surface area (Å²) in [6, 6.07) is 12.2. The number of anilines is 1. The van der Waals surface area contributed by atoms with Crippen molar-refractivity contribution in [3.8, 4) is 17.3 Å². The summed E-state index contributed by atoms with van der Waals surface area (Å²) in [5, 5.41) is 24.5. The highest BCUT2D eigenvalue weighted by molar-refractivity contribution is 5.83. The molecule has 4 N–H and O–H groups in total. The molecule has 28 heavy (non-hydrogen) atoms. The van der Waals surface area contributed by atoms with Crippen molar-refractivity contribution < 1.29 is 14.9 Å². The predicted octanol–water partition coefficient (Wildman–Crippen LogP) is 2.74. The number of nitrogens with zero attached hydrogens (tertiary/aromatic N) is 4. The summed E-state index contributed by atoms with van der Waals surface area (Å²) in [4.78, 5) is 8.51. The van der Waals surface area contributed by atoms with Gasteiger partial charge in [0, 0.05) is 23.8 Å². The van der Waals surface area contributed by atoms with Crippen LogP contribution in [0.5, 0.6) is 11.6 Å². The van der Waals surface area contributed by atoms with E-state index in [4.69, 9.17) is 10.5 Å². The zero-order valence-corrected chi connectivity index (χ0v) is 15.1. The van der Waals surface area contributed by atoms with Crippen molar-refractivity contribution in [3.63, 3.8) is 0 Å². The minimum absolute atomic E-state index is 0.0665. The van der Waals surface area contributed by atoms with E-state index < -0.39 is 6.10 Å². The van der Waals surface area contributed by atoms with Crippen LogP contribution in [0, 0.1) is 0 Å². The minimum Gasteiger partial charge on any atom is -0.493 e. The molecule has 1 atom stereocenters. The Hall–Kier alpha value is -3.65. The van der Waals surface area contributed by atoms with Crippen molar-refractivity contribution in [2.24, 2.45) is 0 Å². The van der Waals surface area contributed by atoms with Gasteiger partial charge in [0.25, 0.3) is 0 Å². The summed E-state index contributed by atoms with van der Waals surface area (Å²) in [6.07, 6.45) is 2.85. The van der Waals surface area contributed by atoms with E-state index in [9.17, 15) is 10.2 Å². The molecule has 0 bridgehead atoms. The minimum atomic E-state index is -0.584. The van der Waals surface area contributed by atoms with Crippen LogP contribution in [0.1, 0.15) is 24.3 Å². The van der Waals surface area contributed by atoms with Crippen molar-refractivity contribution >= 4 is 16.7 Å². The summed E-state index contributed by atoms with van der Waals surface area (Å²) < 4.78 is 7.50. The Bertz CT molecular complexity index is 1130. The average molecular weight is 377 g/mol. The van der Waals surface area contributed by atoms with E-state index >= 15 is 0 Å². The number of ether oxygens (including phenoxy) is 1. The molecule has 0 aliphatic heterocycles. The SMILES string of the molecule is C[C@@H](O)c1ccc2nc(N)c(OCc3nc(O)ccc3-n3cccn3)cc2c1. The van der Waals surface area contributed by atoms with Crippen LogP contribution >= 0.6 is 0 Å². The molecule has 0 radical (unpaired) electrons. The van der Waals surface area contributed by atoms with Gasteiger partial charge in [0.1, 0.15) is 12.3 Å². The topological polar surface area (TPSA) is 119 Å². The number of nitrogen functional groups attached to an aromatic ring is 1. The van der Waals surface area contributed by atoms with E-state index in [1.807, 2.05) is 18.2 Å². The van der Waals surface area contributed by atoms with E-state index in [1.54, 1.807) is 42.2 Å². The van der Waals surface area contributed by atoms with Crippen molar-refractivity contribution in [2.45, 2.75) is 19.6 Å². The molecule has 3 aromatic heterocycles. The first kappa shape index (κ1) is 17.7. The van der Waals surface area contributed by atoms with Crippen LogP contribution in [-0.4, -0.2) is 30.0 Å². The monoisotopic (exact) mass is 377 g/mol. The second kappa shape index (κ2) is 7.16. The maximum absolute atomic E-state index is 9.79. The summed E-state index contributed by atoms with van der Waals surface area (Å²) in [6.45, 7) is 1.77. The van der Waals surface area contributed by atoms with E-state index in [1.165, 1.54) is 6.07 Å². The van der Waals surface area contributed by atoms with Gasteiger partial charge in [0.05, 0.1) is 17.3 Å². The Labute approximate surface area is 160 Å². The van der Waals surface area contributed by atoms with Gasteiger partial charge in [-0.3, -0.25) is 0 Å².